The summed E-state index contributed by atoms with van der Waals surface area (Å²) in [7, 11) is 0. The number of hydrogen-bond donors (Lipinski definition) is 3. The van der Waals surface area contributed by atoms with E-state index in [1.807, 2.05) is 0 Å². The van der Waals surface area contributed by atoms with E-state index >= 15 is 0 Å². The van der Waals surface area contributed by atoms with Crippen molar-refractivity contribution >= 4 is 15.9 Å². The molecule has 0 saturated carbocycles. The van der Waals surface area contributed by atoms with E-state index in [-0.39, 0.29) is 11.6 Å². The number of rotatable bonds is 3. The van der Waals surface area contributed by atoms with Crippen molar-refractivity contribution in [1.82, 2.24) is 9.97 Å². The Hall–Kier alpha value is -0.710. The van der Waals surface area contributed by atoms with Crippen LogP contribution in [0.15, 0.2) is 4.79 Å². The van der Waals surface area contributed by atoms with Gasteiger partial charge < -0.3 is 10.1 Å². The number of H-pyrrole nitrogens is 2. The van der Waals surface area contributed by atoms with Gasteiger partial charge in [0.2, 0.25) is 5.88 Å². The molecule has 4 nitrogen and oxygen atoms in total. The third kappa shape index (κ3) is 2.11. The van der Waals surface area contributed by atoms with Crippen LogP contribution >= 0.6 is 15.9 Å². The van der Waals surface area contributed by atoms with Crippen LogP contribution in [0.2, 0.25) is 0 Å². The number of alkyl halides is 1. The van der Waals surface area contributed by atoms with Crippen LogP contribution in [0.3, 0.4) is 0 Å². The SMILES string of the molecule is O=c1[nH]c(O)c(CCCBr)[nH]1. The van der Waals surface area contributed by atoms with Gasteiger partial charge in [-0.05, 0) is 12.8 Å². The fourth-order valence-electron chi connectivity index (χ4n) is 0.835. The third-order valence-electron chi connectivity index (χ3n) is 1.34. The highest BCUT2D eigenvalue weighted by molar-refractivity contribution is 9.09. The summed E-state index contributed by atoms with van der Waals surface area (Å²) in [6.07, 6.45) is 1.57. The Labute approximate surface area is 71.8 Å². The lowest BCUT2D eigenvalue weighted by molar-refractivity contribution is 0.448. The maximum absolute atomic E-state index is 10.6. The first-order valence-electron chi connectivity index (χ1n) is 3.30. The van der Waals surface area contributed by atoms with Gasteiger partial charge in [0.05, 0.1) is 5.69 Å². The van der Waals surface area contributed by atoms with Crippen LogP contribution in [-0.2, 0) is 6.42 Å². The third-order valence-corrected chi connectivity index (χ3v) is 1.90. The van der Waals surface area contributed by atoms with Gasteiger partial charge in [-0.2, -0.15) is 0 Å². The minimum absolute atomic E-state index is 0.0454. The quantitative estimate of drug-likeness (QED) is 0.658. The predicted molar refractivity (Wildman–Crippen MR) is 45.2 cm³/mol. The van der Waals surface area contributed by atoms with Gasteiger partial charge in [-0.15, -0.1) is 0 Å². The average Bonchev–Trinajstić information content (AvgIpc) is 2.26. The van der Waals surface area contributed by atoms with E-state index in [0.29, 0.717) is 12.1 Å². The second-order valence-corrected chi connectivity index (χ2v) is 2.99. The van der Waals surface area contributed by atoms with Gasteiger partial charge in [0, 0.05) is 5.33 Å². The highest BCUT2D eigenvalue weighted by Crippen LogP contribution is 2.09. The molecule has 0 saturated heterocycles. The molecule has 1 aromatic heterocycles. The Morgan fingerprint density at radius 2 is 2.18 bits per heavy atom. The minimum Gasteiger partial charge on any atom is -0.493 e. The van der Waals surface area contributed by atoms with Crippen molar-refractivity contribution in [1.29, 1.82) is 0 Å². The molecule has 0 bridgehead atoms. The number of aromatic hydroxyl groups is 1. The molecule has 1 heterocycles. The van der Waals surface area contributed by atoms with Gasteiger partial charge in [0.25, 0.3) is 0 Å². The highest BCUT2D eigenvalue weighted by Gasteiger charge is 2.03. The van der Waals surface area contributed by atoms with E-state index in [0.717, 1.165) is 11.8 Å². The normalized spacial score (nSPS) is 10.3. The van der Waals surface area contributed by atoms with Gasteiger partial charge in [0.15, 0.2) is 0 Å². The zero-order valence-electron chi connectivity index (χ0n) is 5.85. The molecule has 0 fully saturated rings. The molecule has 0 amide bonds. The standard InChI is InChI=1S/C6H9BrN2O2/c7-3-1-2-4-5(10)9-6(11)8-4/h10H,1-3H2,(H2,8,9,11). The van der Waals surface area contributed by atoms with Crippen molar-refractivity contribution < 1.29 is 5.11 Å². The Balaban J connectivity index is 2.69. The van der Waals surface area contributed by atoms with Crippen molar-refractivity contribution in [2.24, 2.45) is 0 Å². The fourth-order valence-corrected chi connectivity index (χ4v) is 1.12. The van der Waals surface area contributed by atoms with Crippen LogP contribution < -0.4 is 5.69 Å². The molecule has 0 atom stereocenters. The maximum Gasteiger partial charge on any atom is 0.325 e. The van der Waals surface area contributed by atoms with Crippen molar-refractivity contribution in [2.45, 2.75) is 12.8 Å². The van der Waals surface area contributed by atoms with Crippen LogP contribution in [0.1, 0.15) is 12.1 Å². The van der Waals surface area contributed by atoms with E-state index in [2.05, 4.69) is 25.9 Å². The summed E-state index contributed by atoms with van der Waals surface area (Å²) in [4.78, 5) is 15.3. The van der Waals surface area contributed by atoms with Crippen LogP contribution in [0.25, 0.3) is 0 Å². The molecule has 1 rings (SSSR count). The number of hydrogen-bond acceptors (Lipinski definition) is 2. The Morgan fingerprint density at radius 3 is 2.64 bits per heavy atom. The van der Waals surface area contributed by atoms with Crippen LogP contribution in [0, 0.1) is 0 Å². The van der Waals surface area contributed by atoms with Crippen LogP contribution in [0.4, 0.5) is 0 Å². The lowest BCUT2D eigenvalue weighted by Crippen LogP contribution is -2.01. The topological polar surface area (TPSA) is 68.9 Å². The number of aryl methyl sites for hydroxylation is 1. The lowest BCUT2D eigenvalue weighted by Gasteiger charge is -1.92. The Kier molecular flexibility index (Phi) is 2.76. The molecule has 0 unspecified atom stereocenters. The summed E-state index contributed by atoms with van der Waals surface area (Å²) in [6, 6.07) is 0. The number of imidazole rings is 1. The fraction of sp³-hybridized carbons (Fsp3) is 0.500. The van der Waals surface area contributed by atoms with Gasteiger partial charge in [-0.25, -0.2) is 4.79 Å². The summed E-state index contributed by atoms with van der Waals surface area (Å²) >= 11 is 3.25. The Bertz CT molecular complexity index is 278. The van der Waals surface area contributed by atoms with E-state index in [1.54, 1.807) is 0 Å². The lowest BCUT2D eigenvalue weighted by atomic mass is 10.3. The van der Waals surface area contributed by atoms with E-state index in [1.165, 1.54) is 0 Å². The molecule has 11 heavy (non-hydrogen) atoms. The first-order chi connectivity index (χ1) is 5.24. The second-order valence-electron chi connectivity index (χ2n) is 2.20. The molecule has 0 aliphatic rings. The second kappa shape index (κ2) is 3.61. The molecular weight excluding hydrogens is 212 g/mol. The largest absolute Gasteiger partial charge is 0.493 e. The molecule has 0 aliphatic heterocycles. The van der Waals surface area contributed by atoms with Gasteiger partial charge >= 0.3 is 5.69 Å². The maximum atomic E-state index is 10.6. The molecule has 0 aromatic carbocycles. The smallest absolute Gasteiger partial charge is 0.325 e. The molecule has 62 valence electrons. The van der Waals surface area contributed by atoms with Crippen LogP contribution in [0.5, 0.6) is 5.88 Å². The van der Waals surface area contributed by atoms with Crippen molar-refractivity contribution in [3.63, 3.8) is 0 Å². The summed E-state index contributed by atoms with van der Waals surface area (Å²) in [5.41, 5.74) is 0.224. The van der Waals surface area contributed by atoms with Crippen molar-refractivity contribution in [3.8, 4) is 5.88 Å². The van der Waals surface area contributed by atoms with Crippen molar-refractivity contribution in [2.75, 3.05) is 5.33 Å². The average molecular weight is 221 g/mol. The van der Waals surface area contributed by atoms with E-state index in [4.69, 9.17) is 5.11 Å². The van der Waals surface area contributed by atoms with E-state index in [9.17, 15) is 4.79 Å². The zero-order chi connectivity index (χ0) is 8.27. The van der Waals surface area contributed by atoms with Crippen molar-refractivity contribution in [3.05, 3.63) is 16.2 Å². The molecule has 0 aliphatic carbocycles. The summed E-state index contributed by atoms with van der Waals surface area (Å²) in [5, 5.41) is 9.92. The molecule has 0 radical (unpaired) electrons. The summed E-state index contributed by atoms with van der Waals surface area (Å²) in [6.45, 7) is 0. The monoisotopic (exact) mass is 220 g/mol. The van der Waals surface area contributed by atoms with Gasteiger partial charge in [0.1, 0.15) is 0 Å². The number of halogens is 1. The summed E-state index contributed by atoms with van der Waals surface area (Å²) < 4.78 is 0. The first-order valence-corrected chi connectivity index (χ1v) is 4.42. The molecular formula is C6H9BrN2O2. The zero-order valence-corrected chi connectivity index (χ0v) is 7.44. The highest BCUT2D eigenvalue weighted by atomic mass is 79.9. The number of aromatic amines is 2. The molecule has 0 spiro atoms. The number of nitrogens with one attached hydrogen (secondary N) is 2. The molecule has 1 aromatic rings. The predicted octanol–water partition coefficient (Wildman–Crippen LogP) is 0.736. The molecule has 5 heteroatoms. The van der Waals surface area contributed by atoms with Gasteiger partial charge in [-0.3, -0.25) is 4.98 Å². The van der Waals surface area contributed by atoms with E-state index < -0.39 is 0 Å². The minimum atomic E-state index is -0.355. The summed E-state index contributed by atoms with van der Waals surface area (Å²) in [5.74, 6) is -0.0454. The number of aromatic nitrogens is 2. The van der Waals surface area contributed by atoms with Crippen LogP contribution in [-0.4, -0.2) is 20.4 Å². The molecule has 3 N–H and O–H groups in total. The first kappa shape index (κ1) is 8.39. The van der Waals surface area contributed by atoms with Gasteiger partial charge in [-0.1, -0.05) is 15.9 Å². The Morgan fingerprint density at radius 1 is 1.45 bits per heavy atom.